The molecule has 1 heterocycles. The Hall–Kier alpha value is -2.05. The average Bonchev–Trinajstić information content (AvgIpc) is 2.72. The molecule has 0 spiro atoms. The Morgan fingerprint density at radius 1 is 1.32 bits per heavy atom. The minimum Gasteiger partial charge on any atom is -0.316 e. The van der Waals surface area contributed by atoms with E-state index in [1.807, 2.05) is 5.32 Å². The maximum atomic E-state index is 12.2. The molecule has 1 aliphatic heterocycles. The Labute approximate surface area is 107 Å². The fourth-order valence-corrected chi connectivity index (χ4v) is 2.06. The van der Waals surface area contributed by atoms with Crippen LogP contribution in [0.5, 0.6) is 0 Å². The smallest absolute Gasteiger partial charge is 0.316 e. The van der Waals surface area contributed by atoms with Gasteiger partial charge in [-0.2, -0.15) is 13.2 Å². The quantitative estimate of drug-likeness (QED) is 0.851. The third kappa shape index (κ3) is 2.54. The van der Waals surface area contributed by atoms with Gasteiger partial charge in [-0.15, -0.1) is 0 Å². The van der Waals surface area contributed by atoms with Gasteiger partial charge in [0.2, 0.25) is 5.91 Å². The minimum atomic E-state index is -4.96. The minimum absolute atomic E-state index is 0.00697. The number of anilines is 2. The van der Waals surface area contributed by atoms with E-state index < -0.39 is 12.1 Å². The number of carbonyl (C=O) groups is 2. The van der Waals surface area contributed by atoms with E-state index in [9.17, 15) is 22.8 Å². The standard InChI is InChI=1S/C12H11F3N2O2/c1-7(18)17-6-5-8-3-2-4-9(10(8)17)16-11(19)12(13,14)15/h2-4H,5-6H2,1H3,(H,16,19). The Kier molecular flexibility index (Phi) is 3.21. The van der Waals surface area contributed by atoms with Gasteiger partial charge in [-0.25, -0.2) is 0 Å². The summed E-state index contributed by atoms with van der Waals surface area (Å²) in [5.74, 6) is -2.32. The molecule has 0 saturated carbocycles. The first kappa shape index (κ1) is 13.4. The normalized spacial score (nSPS) is 14.2. The number of hydrogen-bond donors (Lipinski definition) is 1. The highest BCUT2D eigenvalue weighted by Gasteiger charge is 2.39. The molecule has 7 heteroatoms. The van der Waals surface area contributed by atoms with Crippen molar-refractivity contribution in [3.8, 4) is 0 Å². The zero-order valence-electron chi connectivity index (χ0n) is 10.0. The average molecular weight is 272 g/mol. The Morgan fingerprint density at radius 3 is 2.58 bits per heavy atom. The predicted octanol–water partition coefficient (Wildman–Crippen LogP) is 2.10. The summed E-state index contributed by atoms with van der Waals surface area (Å²) in [7, 11) is 0. The molecule has 1 aromatic rings. The molecule has 0 unspecified atom stereocenters. The van der Waals surface area contributed by atoms with Crippen molar-refractivity contribution < 1.29 is 22.8 Å². The number of rotatable bonds is 1. The zero-order chi connectivity index (χ0) is 14.2. The lowest BCUT2D eigenvalue weighted by atomic mass is 10.1. The topological polar surface area (TPSA) is 49.4 Å². The van der Waals surface area contributed by atoms with E-state index in [2.05, 4.69) is 0 Å². The Morgan fingerprint density at radius 2 is 2.00 bits per heavy atom. The zero-order valence-corrected chi connectivity index (χ0v) is 10.0. The molecule has 1 aromatic carbocycles. The van der Waals surface area contributed by atoms with Gasteiger partial charge < -0.3 is 10.2 Å². The van der Waals surface area contributed by atoms with Crippen molar-refractivity contribution in [1.82, 2.24) is 0 Å². The molecule has 19 heavy (non-hydrogen) atoms. The second kappa shape index (κ2) is 4.56. The van der Waals surface area contributed by atoms with Gasteiger partial charge in [0, 0.05) is 13.5 Å². The van der Waals surface area contributed by atoms with E-state index in [-0.39, 0.29) is 11.6 Å². The van der Waals surface area contributed by atoms with Crippen LogP contribution >= 0.6 is 0 Å². The van der Waals surface area contributed by atoms with E-state index in [1.54, 1.807) is 12.1 Å². The maximum absolute atomic E-state index is 12.2. The van der Waals surface area contributed by atoms with E-state index in [0.29, 0.717) is 18.7 Å². The number of nitrogens with one attached hydrogen (secondary N) is 1. The van der Waals surface area contributed by atoms with Gasteiger partial charge in [0.1, 0.15) is 0 Å². The van der Waals surface area contributed by atoms with E-state index in [1.165, 1.54) is 17.9 Å². The highest BCUT2D eigenvalue weighted by Crippen LogP contribution is 2.36. The number of fused-ring (bicyclic) bond motifs is 1. The summed E-state index contributed by atoms with van der Waals surface area (Å²) in [5.41, 5.74) is 1.11. The second-order valence-corrected chi connectivity index (χ2v) is 4.19. The summed E-state index contributed by atoms with van der Waals surface area (Å²) in [6.45, 7) is 1.74. The first-order chi connectivity index (χ1) is 8.80. The molecule has 0 atom stereocenters. The van der Waals surface area contributed by atoms with Crippen LogP contribution < -0.4 is 10.2 Å². The summed E-state index contributed by atoms with van der Waals surface area (Å²) >= 11 is 0. The van der Waals surface area contributed by atoms with Gasteiger partial charge in [-0.3, -0.25) is 9.59 Å². The fourth-order valence-electron chi connectivity index (χ4n) is 2.06. The first-order valence-corrected chi connectivity index (χ1v) is 5.59. The molecule has 0 aromatic heterocycles. The molecule has 0 fully saturated rings. The van der Waals surface area contributed by atoms with Crippen molar-refractivity contribution in [2.24, 2.45) is 0 Å². The van der Waals surface area contributed by atoms with Gasteiger partial charge in [-0.1, -0.05) is 12.1 Å². The largest absolute Gasteiger partial charge is 0.471 e. The fraction of sp³-hybridized carbons (Fsp3) is 0.333. The van der Waals surface area contributed by atoms with Crippen molar-refractivity contribution in [1.29, 1.82) is 0 Å². The lowest BCUT2D eigenvalue weighted by Crippen LogP contribution is -2.32. The van der Waals surface area contributed by atoms with Crippen LogP contribution in [0.15, 0.2) is 18.2 Å². The maximum Gasteiger partial charge on any atom is 0.471 e. The number of halogens is 3. The van der Waals surface area contributed by atoms with Gasteiger partial charge in [0.05, 0.1) is 11.4 Å². The molecule has 102 valence electrons. The molecule has 2 amide bonds. The van der Waals surface area contributed by atoms with Crippen molar-refractivity contribution in [3.63, 3.8) is 0 Å². The molecule has 0 radical (unpaired) electrons. The van der Waals surface area contributed by atoms with E-state index >= 15 is 0 Å². The summed E-state index contributed by atoms with van der Waals surface area (Å²) < 4.78 is 36.7. The third-order valence-corrected chi connectivity index (χ3v) is 2.88. The van der Waals surface area contributed by atoms with Gasteiger partial charge in [-0.05, 0) is 18.1 Å². The monoisotopic (exact) mass is 272 g/mol. The van der Waals surface area contributed by atoms with Gasteiger partial charge in [0.15, 0.2) is 0 Å². The number of amides is 2. The van der Waals surface area contributed by atoms with Crippen molar-refractivity contribution in [2.75, 3.05) is 16.8 Å². The number of nitrogens with zero attached hydrogens (tertiary/aromatic N) is 1. The van der Waals surface area contributed by atoms with Gasteiger partial charge in [0.25, 0.3) is 0 Å². The van der Waals surface area contributed by atoms with Crippen LogP contribution in [-0.2, 0) is 16.0 Å². The molecule has 1 aliphatic rings. The van der Waals surface area contributed by atoms with E-state index in [4.69, 9.17) is 0 Å². The molecule has 0 aliphatic carbocycles. The number of para-hydroxylation sites is 1. The highest BCUT2D eigenvalue weighted by molar-refractivity contribution is 6.03. The van der Waals surface area contributed by atoms with Crippen LogP contribution in [0.4, 0.5) is 24.5 Å². The summed E-state index contributed by atoms with van der Waals surface area (Å²) in [6.07, 6.45) is -4.40. The van der Waals surface area contributed by atoms with Crippen molar-refractivity contribution in [2.45, 2.75) is 19.5 Å². The van der Waals surface area contributed by atoms with Crippen LogP contribution in [0, 0.1) is 0 Å². The van der Waals surface area contributed by atoms with Crippen LogP contribution in [-0.4, -0.2) is 24.5 Å². The van der Waals surface area contributed by atoms with Crippen molar-refractivity contribution >= 4 is 23.2 Å². The first-order valence-electron chi connectivity index (χ1n) is 5.59. The molecule has 1 N–H and O–H groups in total. The van der Waals surface area contributed by atoms with Crippen molar-refractivity contribution in [3.05, 3.63) is 23.8 Å². The molecule has 0 saturated heterocycles. The summed E-state index contributed by atoms with van der Waals surface area (Å²) in [5, 5.41) is 1.81. The number of hydrogen-bond acceptors (Lipinski definition) is 2. The third-order valence-electron chi connectivity index (χ3n) is 2.88. The number of carbonyl (C=O) groups excluding carboxylic acids is 2. The number of benzene rings is 1. The highest BCUT2D eigenvalue weighted by atomic mass is 19.4. The lowest BCUT2D eigenvalue weighted by molar-refractivity contribution is -0.167. The van der Waals surface area contributed by atoms with E-state index in [0.717, 1.165) is 5.56 Å². The van der Waals surface area contributed by atoms with Crippen LogP contribution in [0.2, 0.25) is 0 Å². The summed E-state index contributed by atoms with van der Waals surface area (Å²) in [4.78, 5) is 23.8. The van der Waals surface area contributed by atoms with Gasteiger partial charge >= 0.3 is 12.1 Å². The lowest BCUT2D eigenvalue weighted by Gasteiger charge is -2.19. The molecule has 2 rings (SSSR count). The molecule has 0 bridgehead atoms. The molecule has 4 nitrogen and oxygen atoms in total. The number of alkyl halides is 3. The summed E-state index contributed by atoms with van der Waals surface area (Å²) in [6, 6.07) is 4.62. The van der Waals surface area contributed by atoms with Crippen LogP contribution in [0.3, 0.4) is 0 Å². The molecular weight excluding hydrogens is 261 g/mol. The predicted molar refractivity (Wildman–Crippen MR) is 62.9 cm³/mol. The van der Waals surface area contributed by atoms with Crippen LogP contribution in [0.25, 0.3) is 0 Å². The second-order valence-electron chi connectivity index (χ2n) is 4.19. The SMILES string of the molecule is CC(=O)N1CCc2cccc(NC(=O)C(F)(F)F)c21. The Balaban J connectivity index is 2.36. The Bertz CT molecular complexity index is 540. The molecular formula is C12H11F3N2O2. The van der Waals surface area contributed by atoms with Crippen LogP contribution in [0.1, 0.15) is 12.5 Å².